The van der Waals surface area contributed by atoms with E-state index in [0.29, 0.717) is 28.0 Å². The minimum atomic E-state index is -0.414. The number of ether oxygens (including phenoxy) is 1. The van der Waals surface area contributed by atoms with Crippen LogP contribution in [0.25, 0.3) is 0 Å². The second kappa shape index (κ2) is 11.1. The summed E-state index contributed by atoms with van der Waals surface area (Å²) in [7, 11) is 3.36. The molecule has 1 heterocycles. The Balaban J connectivity index is 1.66. The maximum absolute atomic E-state index is 13.5. The number of hydrogen-bond acceptors (Lipinski definition) is 6. The van der Waals surface area contributed by atoms with Crippen LogP contribution in [-0.2, 0) is 11.8 Å². The first-order valence-electron chi connectivity index (χ1n) is 10.7. The maximum Gasteiger partial charge on any atom is 0.251 e. The Morgan fingerprint density at radius 1 is 1.15 bits per heavy atom. The lowest BCUT2D eigenvalue weighted by Crippen LogP contribution is -2.33. The number of halogens is 1. The van der Waals surface area contributed by atoms with Crippen LogP contribution in [0.3, 0.4) is 0 Å². The summed E-state index contributed by atoms with van der Waals surface area (Å²) >= 11 is 1.21. The molecule has 10 heteroatoms. The normalized spacial score (nSPS) is 11.9. The third-order valence-corrected chi connectivity index (χ3v) is 6.28. The van der Waals surface area contributed by atoms with Crippen molar-refractivity contribution < 1.29 is 18.7 Å². The molecule has 0 fully saturated rings. The second-order valence-electron chi connectivity index (χ2n) is 8.12. The number of aromatic nitrogens is 3. The van der Waals surface area contributed by atoms with Crippen LogP contribution in [0.4, 0.5) is 10.1 Å². The Morgan fingerprint density at radius 3 is 2.50 bits per heavy atom. The van der Waals surface area contributed by atoms with E-state index in [9.17, 15) is 14.0 Å². The van der Waals surface area contributed by atoms with Gasteiger partial charge in [0.15, 0.2) is 11.0 Å². The molecule has 3 rings (SSSR count). The summed E-state index contributed by atoms with van der Waals surface area (Å²) < 4.78 is 20.4. The molecular formula is C24H28FN5O3S. The number of benzene rings is 2. The topological polar surface area (TPSA) is 98.1 Å². The average molecular weight is 486 g/mol. The van der Waals surface area contributed by atoms with E-state index >= 15 is 0 Å². The van der Waals surface area contributed by atoms with Crippen molar-refractivity contribution in [2.24, 2.45) is 13.0 Å². The van der Waals surface area contributed by atoms with Gasteiger partial charge in [0, 0.05) is 18.3 Å². The molecule has 2 aromatic carbocycles. The summed E-state index contributed by atoms with van der Waals surface area (Å²) in [6, 6.07) is 10.7. The van der Waals surface area contributed by atoms with Gasteiger partial charge in [-0.05, 0) is 54.8 Å². The van der Waals surface area contributed by atoms with Crippen molar-refractivity contribution in [1.29, 1.82) is 0 Å². The number of thioether (sulfide) groups is 1. The van der Waals surface area contributed by atoms with Crippen LogP contribution in [0.1, 0.15) is 41.6 Å². The van der Waals surface area contributed by atoms with Crippen molar-refractivity contribution in [3.05, 3.63) is 65.2 Å². The zero-order chi connectivity index (χ0) is 24.8. The molecule has 0 radical (unpaired) electrons. The highest BCUT2D eigenvalue weighted by molar-refractivity contribution is 7.99. The Morgan fingerprint density at radius 2 is 1.85 bits per heavy atom. The molecular weight excluding hydrogens is 457 g/mol. The molecule has 0 bridgehead atoms. The number of methoxy groups -OCH3 is 1. The standard InChI is InChI=1S/C24H28FN5O3S/c1-14(2)21(27-23(32)16-7-10-18(33-5)11-8-16)22-28-29-24(30(22)4)34-13-20(31)26-19-12-17(25)9-6-15(19)3/h6-12,14,21H,13H2,1-5H3,(H,26,31)(H,27,32)/t21-/m0/s1. The van der Waals surface area contributed by atoms with E-state index in [-0.39, 0.29) is 29.5 Å². The summed E-state index contributed by atoms with van der Waals surface area (Å²) in [6.07, 6.45) is 0. The molecule has 0 spiro atoms. The molecule has 1 atom stereocenters. The van der Waals surface area contributed by atoms with Gasteiger partial charge in [-0.25, -0.2) is 4.39 Å². The fraction of sp³-hybridized carbons (Fsp3) is 0.333. The first kappa shape index (κ1) is 25.2. The lowest BCUT2D eigenvalue weighted by atomic mass is 10.0. The Kier molecular flexibility index (Phi) is 8.27. The van der Waals surface area contributed by atoms with Crippen LogP contribution < -0.4 is 15.4 Å². The van der Waals surface area contributed by atoms with E-state index in [4.69, 9.17) is 4.74 Å². The van der Waals surface area contributed by atoms with Crippen molar-refractivity contribution in [3.63, 3.8) is 0 Å². The highest BCUT2D eigenvalue weighted by Gasteiger charge is 2.25. The summed E-state index contributed by atoms with van der Waals surface area (Å²) in [4.78, 5) is 25.2. The van der Waals surface area contributed by atoms with Crippen molar-refractivity contribution in [2.45, 2.75) is 32.0 Å². The number of aryl methyl sites for hydroxylation is 1. The first-order valence-corrected chi connectivity index (χ1v) is 11.7. The molecule has 8 nitrogen and oxygen atoms in total. The van der Waals surface area contributed by atoms with Crippen molar-refractivity contribution >= 4 is 29.3 Å². The summed E-state index contributed by atoms with van der Waals surface area (Å²) in [5.41, 5.74) is 1.71. The average Bonchev–Trinajstić information content (AvgIpc) is 3.18. The fourth-order valence-electron chi connectivity index (χ4n) is 3.26. The largest absolute Gasteiger partial charge is 0.497 e. The van der Waals surface area contributed by atoms with Gasteiger partial charge in [0.05, 0.1) is 18.9 Å². The van der Waals surface area contributed by atoms with E-state index in [1.165, 1.54) is 23.9 Å². The molecule has 0 aliphatic heterocycles. The van der Waals surface area contributed by atoms with Crippen molar-refractivity contribution in [1.82, 2.24) is 20.1 Å². The minimum absolute atomic E-state index is 0.0437. The van der Waals surface area contributed by atoms with Gasteiger partial charge in [0.2, 0.25) is 5.91 Å². The number of carbonyl (C=O) groups excluding carboxylic acids is 2. The molecule has 1 aromatic heterocycles. The third kappa shape index (κ3) is 6.13. The second-order valence-corrected chi connectivity index (χ2v) is 9.06. The molecule has 0 aliphatic rings. The Hall–Kier alpha value is -3.40. The molecule has 0 unspecified atom stereocenters. The number of anilines is 1. The van der Waals surface area contributed by atoms with Gasteiger partial charge >= 0.3 is 0 Å². The first-order chi connectivity index (χ1) is 16.2. The lowest BCUT2D eigenvalue weighted by Gasteiger charge is -2.21. The van der Waals surface area contributed by atoms with E-state index in [1.807, 2.05) is 13.8 Å². The zero-order valence-electron chi connectivity index (χ0n) is 19.8. The smallest absolute Gasteiger partial charge is 0.251 e. The van der Waals surface area contributed by atoms with Crippen LogP contribution >= 0.6 is 11.8 Å². The van der Waals surface area contributed by atoms with Crippen LogP contribution in [0.15, 0.2) is 47.6 Å². The van der Waals surface area contributed by atoms with Gasteiger partial charge in [0.25, 0.3) is 5.91 Å². The third-order valence-electron chi connectivity index (χ3n) is 5.26. The maximum atomic E-state index is 13.5. The molecule has 180 valence electrons. The summed E-state index contributed by atoms with van der Waals surface area (Å²) in [6.45, 7) is 5.76. The Bertz CT molecular complexity index is 1160. The molecule has 0 saturated heterocycles. The molecule has 3 aromatic rings. The van der Waals surface area contributed by atoms with Crippen LogP contribution in [0, 0.1) is 18.7 Å². The highest BCUT2D eigenvalue weighted by atomic mass is 32.2. The number of nitrogens with one attached hydrogen (secondary N) is 2. The van der Waals surface area contributed by atoms with Crippen molar-refractivity contribution in [2.75, 3.05) is 18.2 Å². The van der Waals surface area contributed by atoms with Gasteiger partial charge in [-0.15, -0.1) is 10.2 Å². The molecule has 0 aliphatic carbocycles. The molecule has 0 saturated carbocycles. The van der Waals surface area contributed by atoms with Gasteiger partial charge in [-0.1, -0.05) is 31.7 Å². The predicted octanol–water partition coefficient (Wildman–Crippen LogP) is 4.13. The predicted molar refractivity (Wildman–Crippen MR) is 130 cm³/mol. The number of carbonyl (C=O) groups is 2. The van der Waals surface area contributed by atoms with E-state index < -0.39 is 5.82 Å². The van der Waals surface area contributed by atoms with Gasteiger partial charge in [0.1, 0.15) is 11.6 Å². The zero-order valence-corrected chi connectivity index (χ0v) is 20.6. The van der Waals surface area contributed by atoms with E-state index in [0.717, 1.165) is 5.56 Å². The summed E-state index contributed by atoms with van der Waals surface area (Å²) in [5, 5.41) is 14.7. The van der Waals surface area contributed by atoms with Gasteiger partial charge in [-0.2, -0.15) is 0 Å². The minimum Gasteiger partial charge on any atom is -0.497 e. The number of rotatable bonds is 9. The van der Waals surface area contributed by atoms with Crippen LogP contribution in [-0.4, -0.2) is 39.4 Å². The molecule has 2 amide bonds. The van der Waals surface area contributed by atoms with Crippen molar-refractivity contribution in [3.8, 4) is 5.75 Å². The number of nitrogens with zero attached hydrogens (tertiary/aromatic N) is 3. The lowest BCUT2D eigenvalue weighted by molar-refractivity contribution is -0.113. The van der Waals surface area contributed by atoms with Crippen LogP contribution in [0.2, 0.25) is 0 Å². The van der Waals surface area contributed by atoms with Crippen LogP contribution in [0.5, 0.6) is 5.75 Å². The monoisotopic (exact) mass is 485 g/mol. The van der Waals surface area contributed by atoms with Gasteiger partial charge < -0.3 is 19.9 Å². The van der Waals surface area contributed by atoms with E-state index in [2.05, 4.69) is 20.8 Å². The summed E-state index contributed by atoms with van der Waals surface area (Å²) in [5.74, 6) is 0.446. The molecule has 2 N–H and O–H groups in total. The highest BCUT2D eigenvalue weighted by Crippen LogP contribution is 2.25. The molecule has 34 heavy (non-hydrogen) atoms. The quantitative estimate of drug-likeness (QED) is 0.442. The van der Waals surface area contributed by atoms with E-state index in [1.54, 1.807) is 56.0 Å². The number of hydrogen-bond donors (Lipinski definition) is 2. The fourth-order valence-corrected chi connectivity index (χ4v) is 3.98. The van der Waals surface area contributed by atoms with Gasteiger partial charge in [-0.3, -0.25) is 9.59 Å². The number of amides is 2. The SMILES string of the molecule is COc1ccc(C(=O)N[C@H](c2nnc(SCC(=O)Nc3cc(F)ccc3C)n2C)C(C)C)cc1. The Labute approximate surface area is 202 Å².